The van der Waals surface area contributed by atoms with Crippen molar-refractivity contribution < 1.29 is 4.79 Å². The molecule has 0 aliphatic rings. The molecule has 4 nitrogen and oxygen atoms in total. The Balaban J connectivity index is 1.78. The summed E-state index contributed by atoms with van der Waals surface area (Å²) in [6.45, 7) is 7.01. The van der Waals surface area contributed by atoms with Gasteiger partial charge in [-0.2, -0.15) is 0 Å². The van der Waals surface area contributed by atoms with Gasteiger partial charge in [-0.1, -0.05) is 32.9 Å². The number of carbonyl (C=O) groups is 1. The van der Waals surface area contributed by atoms with Crippen LogP contribution in [0.4, 0.5) is 5.69 Å². The van der Waals surface area contributed by atoms with Gasteiger partial charge in [0.1, 0.15) is 0 Å². The number of anilines is 1. The Morgan fingerprint density at radius 3 is 2.55 bits per heavy atom. The van der Waals surface area contributed by atoms with Gasteiger partial charge in [0.2, 0.25) is 5.91 Å². The summed E-state index contributed by atoms with van der Waals surface area (Å²) in [7, 11) is 0. The number of amides is 1. The number of nitrogen functional groups attached to an aromatic ring is 1. The number of rotatable bonds is 5. The minimum absolute atomic E-state index is 0.0150. The third kappa shape index (κ3) is 4.84. The maximum absolute atomic E-state index is 11.9. The predicted octanol–water partition coefficient (Wildman–Crippen LogP) is 2.92. The van der Waals surface area contributed by atoms with E-state index in [4.69, 9.17) is 5.73 Å². The Bertz CT molecular complexity index is 626. The van der Waals surface area contributed by atoms with Crippen molar-refractivity contribution in [1.82, 2.24) is 10.3 Å². The second-order valence-corrected chi connectivity index (χ2v) is 7.27. The van der Waals surface area contributed by atoms with Crippen LogP contribution in [0.25, 0.3) is 0 Å². The van der Waals surface area contributed by atoms with Gasteiger partial charge in [0.05, 0.1) is 17.1 Å². The van der Waals surface area contributed by atoms with E-state index in [9.17, 15) is 4.79 Å². The van der Waals surface area contributed by atoms with E-state index in [1.54, 1.807) is 11.3 Å². The molecule has 5 heteroatoms. The first-order valence-electron chi connectivity index (χ1n) is 7.40. The molecule has 2 aromatic rings. The van der Waals surface area contributed by atoms with Crippen LogP contribution in [0.2, 0.25) is 0 Å². The molecule has 3 N–H and O–H groups in total. The zero-order chi connectivity index (χ0) is 16.2. The summed E-state index contributed by atoms with van der Waals surface area (Å²) >= 11 is 1.62. The monoisotopic (exact) mass is 317 g/mol. The average Bonchev–Trinajstić information content (AvgIpc) is 2.89. The van der Waals surface area contributed by atoms with Gasteiger partial charge >= 0.3 is 0 Å². The largest absolute Gasteiger partial charge is 0.399 e. The van der Waals surface area contributed by atoms with Crippen molar-refractivity contribution in [2.45, 2.75) is 39.0 Å². The zero-order valence-electron chi connectivity index (χ0n) is 13.3. The minimum Gasteiger partial charge on any atom is -0.399 e. The van der Waals surface area contributed by atoms with Crippen LogP contribution in [0.5, 0.6) is 0 Å². The number of carbonyl (C=O) groups excluding carboxylic acids is 1. The van der Waals surface area contributed by atoms with Crippen molar-refractivity contribution in [1.29, 1.82) is 0 Å². The summed E-state index contributed by atoms with van der Waals surface area (Å²) in [6.07, 6.45) is 1.14. The van der Waals surface area contributed by atoms with E-state index in [0.717, 1.165) is 28.4 Å². The van der Waals surface area contributed by atoms with Crippen LogP contribution in [-0.2, 0) is 23.1 Å². The van der Waals surface area contributed by atoms with Crippen LogP contribution >= 0.6 is 11.3 Å². The second-order valence-electron chi connectivity index (χ2n) is 6.41. The van der Waals surface area contributed by atoms with Crippen molar-refractivity contribution in [3.63, 3.8) is 0 Å². The van der Waals surface area contributed by atoms with E-state index >= 15 is 0 Å². The van der Waals surface area contributed by atoms with E-state index in [2.05, 4.69) is 31.1 Å². The normalized spacial score (nSPS) is 11.4. The van der Waals surface area contributed by atoms with Gasteiger partial charge in [0.25, 0.3) is 0 Å². The highest BCUT2D eigenvalue weighted by Gasteiger charge is 2.18. The fourth-order valence-electron chi connectivity index (χ4n) is 1.99. The first-order valence-corrected chi connectivity index (χ1v) is 8.28. The number of nitrogens with zero attached hydrogens (tertiary/aromatic N) is 1. The summed E-state index contributed by atoms with van der Waals surface area (Å²) in [6, 6.07) is 7.72. The van der Waals surface area contributed by atoms with Crippen LogP contribution < -0.4 is 11.1 Å². The number of aromatic nitrogens is 1. The molecule has 1 aromatic heterocycles. The third-order valence-corrected chi connectivity index (χ3v) is 4.57. The van der Waals surface area contributed by atoms with Crippen LogP contribution in [-0.4, -0.2) is 17.4 Å². The molecule has 0 radical (unpaired) electrons. The lowest BCUT2D eigenvalue weighted by Crippen LogP contribution is -2.27. The predicted molar refractivity (Wildman–Crippen MR) is 92.1 cm³/mol. The Hall–Kier alpha value is -1.88. The molecule has 0 fully saturated rings. The minimum atomic E-state index is 0.0150. The molecule has 22 heavy (non-hydrogen) atoms. The van der Waals surface area contributed by atoms with Crippen LogP contribution in [0.3, 0.4) is 0 Å². The summed E-state index contributed by atoms with van der Waals surface area (Å²) in [4.78, 5) is 16.5. The third-order valence-electron chi connectivity index (χ3n) is 3.25. The highest BCUT2D eigenvalue weighted by Crippen LogP contribution is 2.25. The molecule has 0 spiro atoms. The number of benzene rings is 1. The van der Waals surface area contributed by atoms with Gasteiger partial charge in [-0.15, -0.1) is 11.3 Å². The molecule has 118 valence electrons. The van der Waals surface area contributed by atoms with E-state index in [1.165, 1.54) is 0 Å². The van der Waals surface area contributed by atoms with Crippen LogP contribution in [0, 0.1) is 0 Å². The molecule has 2 rings (SSSR count). The zero-order valence-corrected chi connectivity index (χ0v) is 14.2. The highest BCUT2D eigenvalue weighted by atomic mass is 32.1. The van der Waals surface area contributed by atoms with Gasteiger partial charge in [-0.05, 0) is 24.1 Å². The SMILES string of the molecule is CC(C)(C)c1nc(CC(=O)NCCc2ccc(N)cc2)cs1. The average molecular weight is 317 g/mol. The highest BCUT2D eigenvalue weighted by molar-refractivity contribution is 7.09. The molecule has 0 aliphatic carbocycles. The van der Waals surface area contributed by atoms with Gasteiger partial charge < -0.3 is 11.1 Å². The first-order chi connectivity index (χ1) is 10.3. The van der Waals surface area contributed by atoms with Crippen molar-refractivity contribution in [3.8, 4) is 0 Å². The second kappa shape index (κ2) is 6.92. The van der Waals surface area contributed by atoms with Crippen molar-refractivity contribution in [3.05, 3.63) is 45.9 Å². The summed E-state index contributed by atoms with van der Waals surface area (Å²) in [5.41, 5.74) is 8.45. The maximum Gasteiger partial charge on any atom is 0.226 e. The van der Waals surface area contributed by atoms with Crippen molar-refractivity contribution >= 4 is 22.9 Å². The lowest BCUT2D eigenvalue weighted by Gasteiger charge is -2.13. The van der Waals surface area contributed by atoms with Gasteiger partial charge in [0.15, 0.2) is 0 Å². The number of hydrogen-bond acceptors (Lipinski definition) is 4. The Labute approximate surface area is 135 Å². The lowest BCUT2D eigenvalue weighted by atomic mass is 9.98. The van der Waals surface area contributed by atoms with Crippen molar-refractivity contribution in [2.75, 3.05) is 12.3 Å². The standard InChI is InChI=1S/C17H23N3OS/c1-17(2,3)16-20-14(11-22-16)10-15(21)19-9-8-12-4-6-13(18)7-5-12/h4-7,11H,8-10,18H2,1-3H3,(H,19,21). The van der Waals surface area contributed by atoms with Gasteiger partial charge in [-0.25, -0.2) is 4.98 Å². The van der Waals surface area contributed by atoms with Crippen LogP contribution in [0.15, 0.2) is 29.6 Å². The molecule has 1 heterocycles. The van der Waals surface area contributed by atoms with E-state index in [1.807, 2.05) is 29.6 Å². The Morgan fingerprint density at radius 2 is 1.95 bits per heavy atom. The number of hydrogen-bond donors (Lipinski definition) is 2. The summed E-state index contributed by atoms with van der Waals surface area (Å²) in [5, 5.41) is 5.98. The number of nitrogens with one attached hydrogen (secondary N) is 1. The Kier molecular flexibility index (Phi) is 5.19. The van der Waals surface area contributed by atoms with Crippen molar-refractivity contribution in [2.24, 2.45) is 0 Å². The van der Waals surface area contributed by atoms with Gasteiger partial charge in [0, 0.05) is 23.0 Å². The Morgan fingerprint density at radius 1 is 1.27 bits per heavy atom. The fraction of sp³-hybridized carbons (Fsp3) is 0.412. The number of nitrogens with two attached hydrogens (primary N) is 1. The maximum atomic E-state index is 11.9. The molecule has 0 saturated heterocycles. The molecule has 0 aliphatic heterocycles. The molecule has 1 amide bonds. The quantitative estimate of drug-likeness (QED) is 0.833. The molecule has 0 bridgehead atoms. The summed E-state index contributed by atoms with van der Waals surface area (Å²) in [5.74, 6) is 0.0150. The smallest absolute Gasteiger partial charge is 0.226 e. The first kappa shape index (κ1) is 16.5. The van der Waals surface area contributed by atoms with E-state index in [0.29, 0.717) is 13.0 Å². The molecular weight excluding hydrogens is 294 g/mol. The van der Waals surface area contributed by atoms with E-state index in [-0.39, 0.29) is 11.3 Å². The van der Waals surface area contributed by atoms with E-state index < -0.39 is 0 Å². The van der Waals surface area contributed by atoms with Gasteiger partial charge in [-0.3, -0.25) is 4.79 Å². The molecule has 0 atom stereocenters. The van der Waals surface area contributed by atoms with Crippen LogP contribution in [0.1, 0.15) is 37.0 Å². The molecule has 0 saturated carbocycles. The lowest BCUT2D eigenvalue weighted by molar-refractivity contribution is -0.120. The topological polar surface area (TPSA) is 68.0 Å². The molecular formula is C17H23N3OS. The molecule has 0 unspecified atom stereocenters. The fourth-order valence-corrected chi connectivity index (χ4v) is 2.90. The number of thiazole rings is 1. The summed E-state index contributed by atoms with van der Waals surface area (Å²) < 4.78 is 0. The molecule has 1 aromatic carbocycles.